The van der Waals surface area contributed by atoms with Gasteiger partial charge in [-0.1, -0.05) is 23.7 Å². The van der Waals surface area contributed by atoms with E-state index in [1.54, 1.807) is 7.05 Å². The summed E-state index contributed by atoms with van der Waals surface area (Å²) in [6.07, 6.45) is 3.20. The van der Waals surface area contributed by atoms with Crippen molar-refractivity contribution in [2.24, 2.45) is 10.9 Å². The number of aliphatic imine (C=N–C) groups is 1. The molecule has 25 heavy (non-hydrogen) atoms. The number of hydrogen-bond donors (Lipinski definition) is 2. The Morgan fingerprint density at radius 3 is 2.92 bits per heavy atom. The number of rotatable bonds is 8. The third-order valence-electron chi connectivity index (χ3n) is 4.38. The van der Waals surface area contributed by atoms with Crippen molar-refractivity contribution in [3.8, 4) is 0 Å². The highest BCUT2D eigenvalue weighted by Gasteiger charge is 2.13. The first kappa shape index (κ1) is 20.0. The third-order valence-corrected chi connectivity index (χ3v) is 4.61. The summed E-state index contributed by atoms with van der Waals surface area (Å²) < 4.78 is 11.1. The summed E-state index contributed by atoms with van der Waals surface area (Å²) in [5, 5.41) is 7.45. The Kier molecular flexibility index (Phi) is 9.08. The molecule has 1 unspecified atom stereocenters. The van der Waals surface area contributed by atoms with Crippen LogP contribution in [0.2, 0.25) is 5.02 Å². The maximum absolute atomic E-state index is 6.05. The van der Waals surface area contributed by atoms with Gasteiger partial charge >= 0.3 is 0 Å². The van der Waals surface area contributed by atoms with Crippen LogP contribution >= 0.6 is 11.6 Å². The van der Waals surface area contributed by atoms with Crippen molar-refractivity contribution in [1.29, 1.82) is 0 Å². The Balaban J connectivity index is 1.60. The highest BCUT2D eigenvalue weighted by Crippen LogP contribution is 2.17. The molecule has 2 rings (SSSR count). The fourth-order valence-corrected chi connectivity index (χ4v) is 3.00. The number of nitrogens with zero attached hydrogens (tertiary/aromatic N) is 1. The fourth-order valence-electron chi connectivity index (χ4n) is 2.80. The van der Waals surface area contributed by atoms with Gasteiger partial charge in [0.1, 0.15) is 0 Å². The van der Waals surface area contributed by atoms with Crippen molar-refractivity contribution in [1.82, 2.24) is 10.6 Å². The summed E-state index contributed by atoms with van der Waals surface area (Å²) in [6.45, 7) is 6.29. The normalized spacial score (nSPS) is 17.3. The van der Waals surface area contributed by atoms with Crippen LogP contribution in [0.4, 0.5) is 0 Å². The minimum absolute atomic E-state index is 0.134. The van der Waals surface area contributed by atoms with Crippen molar-refractivity contribution in [2.45, 2.75) is 32.2 Å². The molecule has 1 aromatic carbocycles. The van der Waals surface area contributed by atoms with E-state index in [9.17, 15) is 0 Å². The van der Waals surface area contributed by atoms with E-state index in [0.29, 0.717) is 5.92 Å². The molecule has 0 bridgehead atoms. The lowest BCUT2D eigenvalue weighted by molar-refractivity contribution is 0.0203. The molecule has 0 saturated carbocycles. The highest BCUT2D eigenvalue weighted by molar-refractivity contribution is 6.30. The monoisotopic (exact) mass is 367 g/mol. The van der Waals surface area contributed by atoms with E-state index in [0.717, 1.165) is 68.8 Å². The molecule has 2 N–H and O–H groups in total. The van der Waals surface area contributed by atoms with E-state index in [1.807, 2.05) is 18.2 Å². The molecule has 1 aliphatic heterocycles. The number of ether oxygens (including phenoxy) is 2. The predicted molar refractivity (Wildman–Crippen MR) is 103 cm³/mol. The molecule has 0 aromatic heterocycles. The maximum Gasteiger partial charge on any atom is 0.191 e. The van der Waals surface area contributed by atoms with E-state index in [2.05, 4.69) is 28.6 Å². The largest absolute Gasteiger partial charge is 0.381 e. The van der Waals surface area contributed by atoms with Crippen molar-refractivity contribution >= 4 is 17.6 Å². The predicted octanol–water partition coefficient (Wildman–Crippen LogP) is 3.40. The molecule has 0 aliphatic carbocycles. The van der Waals surface area contributed by atoms with Crippen molar-refractivity contribution in [3.63, 3.8) is 0 Å². The first-order valence-electron chi connectivity index (χ1n) is 9.07. The van der Waals surface area contributed by atoms with Crippen LogP contribution in [0.5, 0.6) is 0 Å². The zero-order valence-electron chi connectivity index (χ0n) is 15.3. The van der Waals surface area contributed by atoms with Gasteiger partial charge in [-0.3, -0.25) is 4.99 Å². The van der Waals surface area contributed by atoms with E-state index in [4.69, 9.17) is 21.1 Å². The lowest BCUT2D eigenvalue weighted by atomic mass is 10.0. The molecular formula is C19H30ClN3O2. The SMILES string of the molecule is CN=C(NCCCOCC1CCOCC1)NC(C)c1cccc(Cl)c1. The highest BCUT2D eigenvalue weighted by atomic mass is 35.5. The Morgan fingerprint density at radius 1 is 1.40 bits per heavy atom. The van der Waals surface area contributed by atoms with E-state index >= 15 is 0 Å². The maximum atomic E-state index is 6.05. The molecule has 0 spiro atoms. The van der Waals surface area contributed by atoms with Crippen LogP contribution in [0.25, 0.3) is 0 Å². The van der Waals surface area contributed by atoms with Crippen molar-refractivity contribution in [2.75, 3.05) is 40.0 Å². The van der Waals surface area contributed by atoms with Gasteiger partial charge in [0.25, 0.3) is 0 Å². The van der Waals surface area contributed by atoms with Crippen LogP contribution in [0.3, 0.4) is 0 Å². The van der Waals surface area contributed by atoms with Gasteiger partial charge in [0.15, 0.2) is 5.96 Å². The fraction of sp³-hybridized carbons (Fsp3) is 0.632. The Labute approximate surface area is 156 Å². The summed E-state index contributed by atoms with van der Waals surface area (Å²) in [6, 6.07) is 8.00. The summed E-state index contributed by atoms with van der Waals surface area (Å²) in [5.74, 6) is 1.45. The average molecular weight is 368 g/mol. The van der Waals surface area contributed by atoms with Crippen LogP contribution < -0.4 is 10.6 Å². The molecule has 1 aliphatic rings. The van der Waals surface area contributed by atoms with Crippen molar-refractivity contribution < 1.29 is 9.47 Å². The minimum atomic E-state index is 0.134. The number of guanidine groups is 1. The number of nitrogens with one attached hydrogen (secondary N) is 2. The third kappa shape index (κ3) is 7.63. The van der Waals surface area contributed by atoms with Gasteiger partial charge in [-0.15, -0.1) is 0 Å². The van der Waals surface area contributed by atoms with Crippen molar-refractivity contribution in [3.05, 3.63) is 34.9 Å². The van der Waals surface area contributed by atoms with Gasteiger partial charge in [-0.05, 0) is 49.8 Å². The zero-order chi connectivity index (χ0) is 17.9. The number of hydrogen-bond acceptors (Lipinski definition) is 3. The Morgan fingerprint density at radius 2 is 2.20 bits per heavy atom. The molecule has 1 aromatic rings. The second-order valence-electron chi connectivity index (χ2n) is 6.40. The van der Waals surface area contributed by atoms with Gasteiger partial charge in [-0.2, -0.15) is 0 Å². The number of halogens is 1. The van der Waals surface area contributed by atoms with Crippen LogP contribution in [-0.4, -0.2) is 46.0 Å². The Hall–Kier alpha value is -1.30. The van der Waals surface area contributed by atoms with Gasteiger partial charge < -0.3 is 20.1 Å². The molecule has 140 valence electrons. The van der Waals surface area contributed by atoms with Crippen LogP contribution in [0.1, 0.15) is 37.8 Å². The summed E-state index contributed by atoms with van der Waals surface area (Å²) in [5.41, 5.74) is 1.13. The van der Waals surface area contributed by atoms with Crippen LogP contribution in [-0.2, 0) is 9.47 Å². The minimum Gasteiger partial charge on any atom is -0.381 e. The molecular weight excluding hydrogens is 338 g/mol. The molecule has 0 radical (unpaired) electrons. The molecule has 5 nitrogen and oxygen atoms in total. The first-order valence-corrected chi connectivity index (χ1v) is 9.45. The summed E-state index contributed by atoms with van der Waals surface area (Å²) in [4.78, 5) is 4.27. The average Bonchev–Trinajstić information content (AvgIpc) is 2.64. The quantitative estimate of drug-likeness (QED) is 0.420. The molecule has 6 heteroatoms. The zero-order valence-corrected chi connectivity index (χ0v) is 16.0. The van der Waals surface area contributed by atoms with Crippen LogP contribution in [0.15, 0.2) is 29.3 Å². The Bertz CT molecular complexity index is 533. The molecule has 1 heterocycles. The molecule has 1 fully saturated rings. The van der Waals surface area contributed by atoms with E-state index in [-0.39, 0.29) is 6.04 Å². The van der Waals surface area contributed by atoms with Crippen LogP contribution in [0, 0.1) is 5.92 Å². The second kappa shape index (κ2) is 11.3. The lowest BCUT2D eigenvalue weighted by Crippen LogP contribution is -2.39. The standard InChI is InChI=1S/C19H30ClN3O2/c1-15(17-5-3-6-18(20)13-17)23-19(21-2)22-9-4-10-25-14-16-7-11-24-12-8-16/h3,5-6,13,15-16H,4,7-12,14H2,1-2H3,(H2,21,22,23). The topological polar surface area (TPSA) is 54.9 Å². The molecule has 1 atom stereocenters. The van der Waals surface area contributed by atoms with Gasteiger partial charge in [0, 0.05) is 45.0 Å². The van der Waals surface area contributed by atoms with Gasteiger partial charge in [-0.25, -0.2) is 0 Å². The smallest absolute Gasteiger partial charge is 0.191 e. The van der Waals surface area contributed by atoms with E-state index in [1.165, 1.54) is 0 Å². The van der Waals surface area contributed by atoms with Gasteiger partial charge in [0.05, 0.1) is 6.04 Å². The van der Waals surface area contributed by atoms with E-state index < -0.39 is 0 Å². The lowest BCUT2D eigenvalue weighted by Gasteiger charge is -2.22. The molecule has 1 saturated heterocycles. The number of benzene rings is 1. The molecule has 0 amide bonds. The summed E-state index contributed by atoms with van der Waals surface area (Å²) >= 11 is 6.05. The summed E-state index contributed by atoms with van der Waals surface area (Å²) in [7, 11) is 1.78. The van der Waals surface area contributed by atoms with Gasteiger partial charge in [0.2, 0.25) is 0 Å². The first-order chi connectivity index (χ1) is 12.2. The second-order valence-corrected chi connectivity index (χ2v) is 6.84.